The van der Waals surface area contributed by atoms with Gasteiger partial charge in [0.15, 0.2) is 23.3 Å². The van der Waals surface area contributed by atoms with Gasteiger partial charge in [-0.1, -0.05) is 72.6 Å². The van der Waals surface area contributed by atoms with Crippen LogP contribution >= 0.6 is 0 Å². The molecule has 0 saturated carbocycles. The number of hydrazone groups is 2. The number of hydrogen-bond donors (Lipinski definition) is 4. The molecule has 0 aromatic rings. The molecule has 2 rings (SSSR count). The first-order valence-electron chi connectivity index (χ1n) is 17.7. The zero-order chi connectivity index (χ0) is 31.5. The van der Waals surface area contributed by atoms with Crippen LogP contribution in [0.25, 0.3) is 0 Å². The fourth-order valence-electron chi connectivity index (χ4n) is 6.10. The Hall–Kier alpha value is -2.52. The molecule has 0 aliphatic carbocycles. The normalized spacial score (nSPS) is 17.4. The molecule has 0 spiro atoms. The molecular weight excluding hydrogens is 536 g/mol. The summed E-state index contributed by atoms with van der Waals surface area (Å²) < 4.78 is 0. The van der Waals surface area contributed by atoms with Gasteiger partial charge in [-0.3, -0.25) is 20.8 Å². The quantitative estimate of drug-likeness (QED) is 0.114. The largest absolute Gasteiger partial charge is 0.379 e. The lowest BCUT2D eigenvalue weighted by Gasteiger charge is -2.33. The molecule has 0 radical (unpaired) electrons. The van der Waals surface area contributed by atoms with Gasteiger partial charge < -0.3 is 21.3 Å². The number of unbranched alkanes of at least 4 members (excludes halogenated alkanes) is 4. The van der Waals surface area contributed by atoms with E-state index >= 15 is 0 Å². The number of amidine groups is 4. The third-order valence-electron chi connectivity index (χ3n) is 9.15. The van der Waals surface area contributed by atoms with Gasteiger partial charge in [0.05, 0.1) is 0 Å². The van der Waals surface area contributed by atoms with Crippen LogP contribution in [-0.4, -0.2) is 95.5 Å². The molecule has 0 bridgehead atoms. The topological polar surface area (TPSA) is 137 Å². The zero-order valence-electron chi connectivity index (χ0n) is 28.3. The van der Waals surface area contributed by atoms with Crippen LogP contribution in [0.5, 0.6) is 0 Å². The highest BCUT2D eigenvalue weighted by molar-refractivity contribution is 6.38. The van der Waals surface area contributed by atoms with Crippen molar-refractivity contribution in [2.45, 2.75) is 124 Å². The Balaban J connectivity index is 1.69. The SMILES string of the molecule is CCCCN(CCCC)C(=N)C(N)=NN1CCC(CCCC2CCN(N=C(N)C(=N)N(CCCC)CCCC)CC2)CC1. The lowest BCUT2D eigenvalue weighted by Crippen LogP contribution is -2.43. The Morgan fingerprint density at radius 3 is 1.16 bits per heavy atom. The van der Waals surface area contributed by atoms with Crippen molar-refractivity contribution in [3.8, 4) is 0 Å². The van der Waals surface area contributed by atoms with Crippen LogP contribution in [0.1, 0.15) is 124 Å². The molecule has 0 atom stereocenters. The lowest BCUT2D eigenvalue weighted by atomic mass is 9.87. The van der Waals surface area contributed by atoms with Crippen LogP contribution < -0.4 is 11.5 Å². The molecule has 2 fully saturated rings. The maximum Gasteiger partial charge on any atom is 0.185 e. The van der Waals surface area contributed by atoms with Crippen LogP contribution in [-0.2, 0) is 0 Å². The van der Waals surface area contributed by atoms with E-state index < -0.39 is 0 Å². The highest BCUT2D eigenvalue weighted by Crippen LogP contribution is 2.27. The summed E-state index contributed by atoms with van der Waals surface area (Å²) in [7, 11) is 0. The van der Waals surface area contributed by atoms with Crippen LogP contribution in [0.3, 0.4) is 0 Å². The van der Waals surface area contributed by atoms with Crippen LogP contribution in [0.15, 0.2) is 10.2 Å². The Kier molecular flexibility index (Phi) is 18.1. The maximum atomic E-state index is 8.60. The molecular formula is C33H66N10. The van der Waals surface area contributed by atoms with Crippen molar-refractivity contribution in [1.82, 2.24) is 19.8 Å². The van der Waals surface area contributed by atoms with Crippen molar-refractivity contribution >= 4 is 23.3 Å². The Morgan fingerprint density at radius 1 is 0.581 bits per heavy atom. The molecule has 0 amide bonds. The molecule has 2 aliphatic rings. The smallest absolute Gasteiger partial charge is 0.185 e. The van der Waals surface area contributed by atoms with E-state index in [1.54, 1.807) is 0 Å². The minimum absolute atomic E-state index is 0.366. The van der Waals surface area contributed by atoms with Gasteiger partial charge >= 0.3 is 0 Å². The first kappa shape index (κ1) is 36.7. The second kappa shape index (κ2) is 21.2. The standard InChI is InChI=1S/C33H66N10/c1-5-9-20-40(21-10-6-2)32(36)30(34)38-42-24-16-28(17-25-42)14-13-15-29-18-26-43(27-19-29)39-31(35)33(37)41(22-11-7-3)23-12-8-4/h28-29,36-37H,5-27H2,1-4H3,(H2,34,38)(H2,35,39). The molecule has 2 aliphatic heterocycles. The van der Waals surface area contributed by atoms with Crippen LogP contribution in [0, 0.1) is 22.7 Å². The van der Waals surface area contributed by atoms with Crippen molar-refractivity contribution in [3.05, 3.63) is 0 Å². The van der Waals surface area contributed by atoms with Crippen LogP contribution in [0.2, 0.25) is 0 Å². The van der Waals surface area contributed by atoms with Gasteiger partial charge in [-0.2, -0.15) is 10.2 Å². The number of hydrogen-bond acceptors (Lipinski definition) is 6. The van der Waals surface area contributed by atoms with Gasteiger partial charge in [-0.25, -0.2) is 0 Å². The number of nitrogens with one attached hydrogen (secondary N) is 2. The van der Waals surface area contributed by atoms with E-state index in [2.05, 4.69) is 57.7 Å². The Bertz CT molecular complexity index is 757. The summed E-state index contributed by atoms with van der Waals surface area (Å²) in [6, 6.07) is 0. The minimum atomic E-state index is 0.366. The zero-order valence-corrected chi connectivity index (χ0v) is 28.3. The third kappa shape index (κ3) is 13.8. The predicted molar refractivity (Wildman–Crippen MR) is 184 cm³/mol. The van der Waals surface area contributed by atoms with E-state index in [1.165, 1.54) is 19.3 Å². The third-order valence-corrected chi connectivity index (χ3v) is 9.15. The summed E-state index contributed by atoms with van der Waals surface area (Å²) in [5.74, 6) is 3.04. The van der Waals surface area contributed by atoms with Gasteiger partial charge in [0.1, 0.15) is 0 Å². The molecule has 2 saturated heterocycles. The van der Waals surface area contributed by atoms with Crippen LogP contribution in [0.4, 0.5) is 0 Å². The fourth-order valence-corrected chi connectivity index (χ4v) is 6.10. The van der Waals surface area contributed by atoms with E-state index in [0.29, 0.717) is 23.3 Å². The van der Waals surface area contributed by atoms with Crippen molar-refractivity contribution in [2.75, 3.05) is 52.4 Å². The minimum Gasteiger partial charge on any atom is -0.379 e. The predicted octanol–water partition coefficient (Wildman–Crippen LogP) is 5.88. The number of rotatable bonds is 18. The van der Waals surface area contributed by atoms with Crippen molar-refractivity contribution in [2.24, 2.45) is 33.5 Å². The van der Waals surface area contributed by atoms with Gasteiger partial charge in [0.25, 0.3) is 0 Å². The number of nitrogens with two attached hydrogens (primary N) is 2. The van der Waals surface area contributed by atoms with Gasteiger partial charge in [-0.05, 0) is 63.2 Å². The van der Waals surface area contributed by atoms with Gasteiger partial charge in [0.2, 0.25) is 0 Å². The van der Waals surface area contributed by atoms with Gasteiger partial charge in [-0.15, -0.1) is 0 Å². The van der Waals surface area contributed by atoms with E-state index in [-0.39, 0.29) is 0 Å². The molecule has 43 heavy (non-hydrogen) atoms. The fraction of sp³-hybridized carbons (Fsp3) is 0.879. The summed E-state index contributed by atoms with van der Waals surface area (Å²) >= 11 is 0. The summed E-state index contributed by atoms with van der Waals surface area (Å²) in [4.78, 5) is 4.21. The molecule has 0 aromatic heterocycles. The molecule has 2 heterocycles. The van der Waals surface area contributed by atoms with E-state index in [9.17, 15) is 0 Å². The second-order valence-corrected chi connectivity index (χ2v) is 12.8. The first-order valence-corrected chi connectivity index (χ1v) is 17.7. The van der Waals surface area contributed by atoms with Crippen molar-refractivity contribution < 1.29 is 0 Å². The number of nitrogens with zero attached hydrogens (tertiary/aromatic N) is 6. The Labute approximate surface area is 263 Å². The average Bonchev–Trinajstić information content (AvgIpc) is 3.02. The highest BCUT2D eigenvalue weighted by Gasteiger charge is 2.23. The summed E-state index contributed by atoms with van der Waals surface area (Å²) in [6.07, 6.45) is 17.3. The lowest BCUT2D eigenvalue weighted by molar-refractivity contribution is 0.168. The summed E-state index contributed by atoms with van der Waals surface area (Å²) in [6.45, 7) is 16.0. The molecule has 10 nitrogen and oxygen atoms in total. The van der Waals surface area contributed by atoms with E-state index in [0.717, 1.165) is 141 Å². The molecule has 6 N–H and O–H groups in total. The Morgan fingerprint density at radius 2 is 0.884 bits per heavy atom. The highest BCUT2D eigenvalue weighted by atomic mass is 15.5. The average molecular weight is 603 g/mol. The number of piperidine rings is 2. The van der Waals surface area contributed by atoms with E-state index in [1.807, 2.05) is 0 Å². The van der Waals surface area contributed by atoms with Crippen molar-refractivity contribution in [1.29, 1.82) is 10.8 Å². The molecule has 0 aromatic carbocycles. The van der Waals surface area contributed by atoms with Crippen molar-refractivity contribution in [3.63, 3.8) is 0 Å². The summed E-state index contributed by atoms with van der Waals surface area (Å²) in [5, 5.41) is 30.7. The molecule has 0 unspecified atom stereocenters. The van der Waals surface area contributed by atoms with Gasteiger partial charge in [0, 0.05) is 52.4 Å². The summed E-state index contributed by atoms with van der Waals surface area (Å²) in [5.41, 5.74) is 12.6. The molecule has 10 heteroatoms. The molecule has 248 valence electrons. The first-order chi connectivity index (χ1) is 20.8. The maximum absolute atomic E-state index is 8.60. The second-order valence-electron chi connectivity index (χ2n) is 12.8. The monoisotopic (exact) mass is 603 g/mol. The van der Waals surface area contributed by atoms with E-state index in [4.69, 9.17) is 22.3 Å².